The molecule has 0 saturated heterocycles. The van der Waals surface area contributed by atoms with E-state index in [1.807, 2.05) is 0 Å². The van der Waals surface area contributed by atoms with Crippen molar-refractivity contribution in [2.45, 2.75) is 0 Å². The van der Waals surface area contributed by atoms with Gasteiger partial charge in [-0.1, -0.05) is 11.6 Å². The van der Waals surface area contributed by atoms with Crippen LogP contribution in [0.4, 0.5) is 4.39 Å². The van der Waals surface area contributed by atoms with Gasteiger partial charge in [-0.15, -0.1) is 0 Å². The molecular weight excluding hydrogens is 191 g/mol. The second-order valence-electron chi connectivity index (χ2n) is 2.56. The summed E-state index contributed by atoms with van der Waals surface area (Å²) in [6.45, 7) is 0. The van der Waals surface area contributed by atoms with Gasteiger partial charge in [-0.2, -0.15) is 0 Å². The van der Waals surface area contributed by atoms with E-state index in [9.17, 15) is 4.39 Å². The molecular formula is C9H6ClFN2. The number of benzene rings is 1. The first-order valence-corrected chi connectivity index (χ1v) is 4.10. The van der Waals surface area contributed by atoms with Crippen LogP contribution in [0.3, 0.4) is 0 Å². The fraction of sp³-hybridized carbons (Fsp3) is 0. The normalized spacial score (nSPS) is 10.3. The highest BCUT2D eigenvalue weighted by molar-refractivity contribution is 6.33. The molecule has 0 amide bonds. The van der Waals surface area contributed by atoms with Crippen molar-refractivity contribution in [1.29, 1.82) is 0 Å². The number of H-pyrrole nitrogens is 1. The molecule has 2 nitrogen and oxygen atoms in total. The predicted molar refractivity (Wildman–Crippen MR) is 49.0 cm³/mol. The van der Waals surface area contributed by atoms with Crippen molar-refractivity contribution in [3.05, 3.63) is 41.4 Å². The number of halogens is 2. The molecule has 0 bridgehead atoms. The van der Waals surface area contributed by atoms with Crippen molar-refractivity contribution in [3.63, 3.8) is 0 Å². The summed E-state index contributed by atoms with van der Waals surface area (Å²) < 4.78 is 12.7. The number of nitrogens with one attached hydrogen (secondary N) is 1. The van der Waals surface area contributed by atoms with Crippen LogP contribution in [0.2, 0.25) is 5.02 Å². The van der Waals surface area contributed by atoms with E-state index in [1.54, 1.807) is 18.5 Å². The van der Waals surface area contributed by atoms with Crippen molar-refractivity contribution >= 4 is 11.6 Å². The molecule has 0 aliphatic heterocycles. The number of nitrogens with zero attached hydrogens (tertiary/aromatic N) is 1. The molecule has 0 spiro atoms. The van der Waals surface area contributed by atoms with E-state index in [0.717, 1.165) is 0 Å². The van der Waals surface area contributed by atoms with Gasteiger partial charge in [-0.05, 0) is 18.2 Å². The fourth-order valence-electron chi connectivity index (χ4n) is 1.09. The minimum Gasteiger partial charge on any atom is -0.345 e. The first-order chi connectivity index (χ1) is 6.27. The SMILES string of the molecule is Fc1ccc(-c2ncc[nH]2)c(Cl)c1. The first kappa shape index (κ1) is 8.26. The summed E-state index contributed by atoms with van der Waals surface area (Å²) in [6, 6.07) is 4.21. The molecule has 2 aromatic rings. The second kappa shape index (κ2) is 3.18. The maximum absolute atomic E-state index is 12.7. The number of imidazole rings is 1. The van der Waals surface area contributed by atoms with Crippen LogP contribution < -0.4 is 0 Å². The molecule has 66 valence electrons. The fourth-order valence-corrected chi connectivity index (χ4v) is 1.35. The lowest BCUT2D eigenvalue weighted by atomic mass is 10.2. The molecule has 1 N–H and O–H groups in total. The first-order valence-electron chi connectivity index (χ1n) is 3.72. The van der Waals surface area contributed by atoms with Crippen LogP contribution >= 0.6 is 11.6 Å². The lowest BCUT2D eigenvalue weighted by molar-refractivity contribution is 0.628. The van der Waals surface area contributed by atoms with Crippen molar-refractivity contribution in [3.8, 4) is 11.4 Å². The summed E-state index contributed by atoms with van der Waals surface area (Å²) in [5.41, 5.74) is 0.702. The maximum Gasteiger partial charge on any atom is 0.138 e. The van der Waals surface area contributed by atoms with Crippen LogP contribution in [-0.4, -0.2) is 9.97 Å². The largest absolute Gasteiger partial charge is 0.345 e. The van der Waals surface area contributed by atoms with Gasteiger partial charge in [0.2, 0.25) is 0 Å². The average Bonchev–Trinajstić information content (AvgIpc) is 2.56. The smallest absolute Gasteiger partial charge is 0.138 e. The van der Waals surface area contributed by atoms with E-state index < -0.39 is 0 Å². The average molecular weight is 197 g/mol. The van der Waals surface area contributed by atoms with Gasteiger partial charge in [0.05, 0.1) is 5.02 Å². The van der Waals surface area contributed by atoms with E-state index in [1.165, 1.54) is 12.1 Å². The van der Waals surface area contributed by atoms with Gasteiger partial charge in [-0.25, -0.2) is 9.37 Å². The number of aromatic nitrogens is 2. The second-order valence-corrected chi connectivity index (χ2v) is 2.97. The molecule has 13 heavy (non-hydrogen) atoms. The molecule has 0 fully saturated rings. The standard InChI is InChI=1S/C9H6ClFN2/c10-8-5-6(11)1-2-7(8)9-12-3-4-13-9/h1-5H,(H,12,13). The molecule has 4 heteroatoms. The van der Waals surface area contributed by atoms with Crippen LogP contribution in [0, 0.1) is 5.82 Å². The summed E-state index contributed by atoms with van der Waals surface area (Å²) in [5, 5.41) is 0.356. The van der Waals surface area contributed by atoms with Crippen LogP contribution in [0.1, 0.15) is 0 Å². The van der Waals surface area contributed by atoms with E-state index in [-0.39, 0.29) is 5.82 Å². The minimum absolute atomic E-state index is 0.347. The number of aromatic amines is 1. The highest BCUT2D eigenvalue weighted by Gasteiger charge is 2.05. The van der Waals surface area contributed by atoms with Crippen molar-refractivity contribution in [2.75, 3.05) is 0 Å². The zero-order chi connectivity index (χ0) is 9.26. The Hall–Kier alpha value is -1.35. The maximum atomic E-state index is 12.7. The third-order valence-electron chi connectivity index (χ3n) is 1.68. The van der Waals surface area contributed by atoms with E-state index >= 15 is 0 Å². The third-order valence-corrected chi connectivity index (χ3v) is 2.00. The highest BCUT2D eigenvalue weighted by atomic mass is 35.5. The van der Waals surface area contributed by atoms with Crippen molar-refractivity contribution in [1.82, 2.24) is 9.97 Å². The van der Waals surface area contributed by atoms with Crippen LogP contribution in [0.15, 0.2) is 30.6 Å². The van der Waals surface area contributed by atoms with E-state index in [2.05, 4.69) is 9.97 Å². The molecule has 1 aromatic carbocycles. The summed E-state index contributed by atoms with van der Waals surface area (Å²) in [6.07, 6.45) is 3.31. The topological polar surface area (TPSA) is 28.7 Å². The summed E-state index contributed by atoms with van der Waals surface area (Å²) in [4.78, 5) is 6.91. The quantitative estimate of drug-likeness (QED) is 0.747. The Bertz CT molecular complexity index is 412. The van der Waals surface area contributed by atoms with Gasteiger partial charge in [0, 0.05) is 18.0 Å². The van der Waals surface area contributed by atoms with E-state index in [0.29, 0.717) is 16.4 Å². The van der Waals surface area contributed by atoms with Gasteiger partial charge in [-0.3, -0.25) is 0 Å². The molecule has 1 heterocycles. The molecule has 0 saturated carbocycles. The van der Waals surface area contributed by atoms with Crippen LogP contribution in [0.5, 0.6) is 0 Å². The number of rotatable bonds is 1. The molecule has 0 aliphatic carbocycles. The Morgan fingerprint density at radius 2 is 2.23 bits per heavy atom. The summed E-state index contributed by atoms with van der Waals surface area (Å²) in [5.74, 6) is 0.297. The Balaban J connectivity index is 2.53. The number of hydrogen-bond acceptors (Lipinski definition) is 1. The zero-order valence-electron chi connectivity index (χ0n) is 6.59. The van der Waals surface area contributed by atoms with Gasteiger partial charge < -0.3 is 4.98 Å². The monoisotopic (exact) mass is 196 g/mol. The van der Waals surface area contributed by atoms with Crippen LogP contribution in [0.25, 0.3) is 11.4 Å². The van der Waals surface area contributed by atoms with Gasteiger partial charge in [0.15, 0.2) is 0 Å². The molecule has 0 unspecified atom stereocenters. The Morgan fingerprint density at radius 1 is 1.38 bits per heavy atom. The molecule has 0 atom stereocenters. The van der Waals surface area contributed by atoms with Gasteiger partial charge >= 0.3 is 0 Å². The predicted octanol–water partition coefficient (Wildman–Crippen LogP) is 2.87. The molecule has 2 rings (SSSR count). The van der Waals surface area contributed by atoms with E-state index in [4.69, 9.17) is 11.6 Å². The highest BCUT2D eigenvalue weighted by Crippen LogP contribution is 2.25. The Kier molecular flexibility index (Phi) is 2.02. The zero-order valence-corrected chi connectivity index (χ0v) is 7.35. The molecule has 1 aromatic heterocycles. The molecule has 0 aliphatic rings. The van der Waals surface area contributed by atoms with Crippen molar-refractivity contribution < 1.29 is 4.39 Å². The number of hydrogen-bond donors (Lipinski definition) is 1. The van der Waals surface area contributed by atoms with Crippen LogP contribution in [-0.2, 0) is 0 Å². The Labute approximate surface area is 79.4 Å². The molecule has 0 radical (unpaired) electrons. The Morgan fingerprint density at radius 3 is 2.85 bits per heavy atom. The third kappa shape index (κ3) is 1.55. The van der Waals surface area contributed by atoms with Gasteiger partial charge in [0.25, 0.3) is 0 Å². The summed E-state index contributed by atoms with van der Waals surface area (Å²) in [7, 11) is 0. The summed E-state index contributed by atoms with van der Waals surface area (Å²) >= 11 is 5.82. The lowest BCUT2D eigenvalue weighted by Crippen LogP contribution is -1.83. The lowest BCUT2D eigenvalue weighted by Gasteiger charge is -1.99. The van der Waals surface area contributed by atoms with Gasteiger partial charge in [0.1, 0.15) is 11.6 Å². The van der Waals surface area contributed by atoms with Crippen molar-refractivity contribution in [2.24, 2.45) is 0 Å². The minimum atomic E-state index is -0.347.